The second-order valence-corrected chi connectivity index (χ2v) is 5.05. The number of aryl methyl sites for hydroxylation is 1. The van der Waals surface area contributed by atoms with Gasteiger partial charge in [-0.15, -0.1) is 11.3 Å². The third kappa shape index (κ3) is 2.09. The molecule has 0 aliphatic rings. The maximum absolute atomic E-state index is 13.7. The van der Waals surface area contributed by atoms with Crippen molar-refractivity contribution in [3.05, 3.63) is 38.9 Å². The van der Waals surface area contributed by atoms with Crippen molar-refractivity contribution in [2.45, 2.75) is 13.5 Å². The summed E-state index contributed by atoms with van der Waals surface area (Å²) in [4.78, 5) is 4.60. The van der Waals surface area contributed by atoms with Gasteiger partial charge in [0.1, 0.15) is 5.82 Å². The quantitative estimate of drug-likeness (QED) is 0.894. The minimum Gasteiger partial charge on any atom is -0.391 e. The van der Waals surface area contributed by atoms with Gasteiger partial charge in [-0.1, -0.05) is 17.7 Å². The Balaban J connectivity index is 2.57. The molecule has 1 aromatic heterocycles. The van der Waals surface area contributed by atoms with E-state index in [1.807, 2.05) is 6.92 Å². The Morgan fingerprint density at radius 2 is 2.25 bits per heavy atom. The summed E-state index contributed by atoms with van der Waals surface area (Å²) in [6.45, 7) is 1.63. The number of aromatic nitrogens is 1. The predicted octanol–water partition coefficient (Wildman–Crippen LogP) is 3.40. The highest BCUT2D eigenvalue weighted by molar-refractivity contribution is 7.16. The molecule has 0 atom stereocenters. The molecule has 5 heteroatoms. The van der Waals surface area contributed by atoms with Crippen molar-refractivity contribution in [3.8, 4) is 11.3 Å². The fraction of sp³-hybridized carbons (Fsp3) is 0.182. The lowest BCUT2D eigenvalue weighted by molar-refractivity contribution is 0.286. The smallest absolute Gasteiger partial charge is 0.184 e. The van der Waals surface area contributed by atoms with E-state index in [1.54, 1.807) is 12.1 Å². The molecular weight excluding hydrogens is 249 g/mol. The molecule has 0 bridgehead atoms. The summed E-state index contributed by atoms with van der Waals surface area (Å²) in [5.41, 5.74) is 1.64. The summed E-state index contributed by atoms with van der Waals surface area (Å²) in [5.74, 6) is -0.350. The number of rotatable bonds is 2. The van der Waals surface area contributed by atoms with Gasteiger partial charge in [-0.25, -0.2) is 9.37 Å². The Morgan fingerprint density at radius 3 is 2.88 bits per heavy atom. The highest BCUT2D eigenvalue weighted by Crippen LogP contribution is 2.32. The average Bonchev–Trinajstić information content (AvgIpc) is 2.59. The van der Waals surface area contributed by atoms with E-state index in [0.29, 0.717) is 20.6 Å². The first-order valence-electron chi connectivity index (χ1n) is 4.64. The number of halogens is 2. The van der Waals surface area contributed by atoms with Gasteiger partial charge in [0.25, 0.3) is 0 Å². The van der Waals surface area contributed by atoms with Crippen molar-refractivity contribution in [2.24, 2.45) is 0 Å². The molecule has 1 heterocycles. The zero-order valence-electron chi connectivity index (χ0n) is 8.50. The SMILES string of the molecule is Cc1ccc(-c2nc(Cl)sc2CO)c(F)c1. The Bertz CT molecular complexity index is 527. The molecule has 0 saturated heterocycles. The number of hydrogen-bond acceptors (Lipinski definition) is 3. The van der Waals surface area contributed by atoms with Crippen LogP contribution in [0.3, 0.4) is 0 Å². The molecule has 1 N–H and O–H groups in total. The van der Waals surface area contributed by atoms with E-state index in [9.17, 15) is 4.39 Å². The van der Waals surface area contributed by atoms with Crippen molar-refractivity contribution >= 4 is 22.9 Å². The molecule has 0 radical (unpaired) electrons. The maximum Gasteiger partial charge on any atom is 0.184 e. The van der Waals surface area contributed by atoms with Gasteiger partial charge >= 0.3 is 0 Å². The van der Waals surface area contributed by atoms with Crippen LogP contribution < -0.4 is 0 Å². The van der Waals surface area contributed by atoms with Crippen LogP contribution in [-0.2, 0) is 6.61 Å². The summed E-state index contributed by atoms with van der Waals surface area (Å²) in [5, 5.41) is 9.13. The zero-order valence-corrected chi connectivity index (χ0v) is 10.1. The normalized spacial score (nSPS) is 10.8. The van der Waals surface area contributed by atoms with Crippen molar-refractivity contribution < 1.29 is 9.50 Å². The van der Waals surface area contributed by atoms with E-state index >= 15 is 0 Å². The summed E-state index contributed by atoms with van der Waals surface area (Å²) >= 11 is 6.91. The molecule has 0 unspecified atom stereocenters. The van der Waals surface area contributed by atoms with Gasteiger partial charge in [0.15, 0.2) is 4.47 Å². The lowest BCUT2D eigenvalue weighted by Gasteiger charge is -2.02. The molecule has 0 spiro atoms. The predicted molar refractivity (Wildman–Crippen MR) is 63.2 cm³/mol. The number of benzene rings is 1. The van der Waals surface area contributed by atoms with Gasteiger partial charge in [-0.05, 0) is 24.6 Å². The molecule has 0 aliphatic heterocycles. The molecule has 0 aliphatic carbocycles. The molecule has 16 heavy (non-hydrogen) atoms. The lowest BCUT2D eigenvalue weighted by atomic mass is 10.1. The van der Waals surface area contributed by atoms with Crippen LogP contribution in [0.15, 0.2) is 18.2 Å². The fourth-order valence-electron chi connectivity index (χ4n) is 1.45. The number of aliphatic hydroxyl groups excluding tert-OH is 1. The maximum atomic E-state index is 13.7. The first kappa shape index (κ1) is 11.5. The lowest BCUT2D eigenvalue weighted by Crippen LogP contribution is -1.90. The van der Waals surface area contributed by atoms with Gasteiger partial charge < -0.3 is 5.11 Å². The van der Waals surface area contributed by atoms with E-state index in [0.717, 1.165) is 16.9 Å². The fourth-order valence-corrected chi connectivity index (χ4v) is 2.47. The Hall–Kier alpha value is -0.970. The third-order valence-corrected chi connectivity index (χ3v) is 3.34. The molecule has 0 saturated carbocycles. The number of hydrogen-bond donors (Lipinski definition) is 1. The van der Waals surface area contributed by atoms with Gasteiger partial charge in [0.05, 0.1) is 17.2 Å². The van der Waals surface area contributed by atoms with Crippen molar-refractivity contribution in [1.82, 2.24) is 4.98 Å². The molecule has 2 rings (SSSR count). The standard InChI is InChI=1S/C11H9ClFNOS/c1-6-2-3-7(8(13)4-6)10-9(5-15)16-11(12)14-10/h2-4,15H,5H2,1H3. The van der Waals surface area contributed by atoms with Gasteiger partial charge in [0, 0.05) is 5.56 Å². The van der Waals surface area contributed by atoms with Crippen LogP contribution in [0.1, 0.15) is 10.4 Å². The van der Waals surface area contributed by atoms with Crippen LogP contribution in [0.25, 0.3) is 11.3 Å². The first-order valence-corrected chi connectivity index (χ1v) is 5.84. The van der Waals surface area contributed by atoms with Gasteiger partial charge in [0.2, 0.25) is 0 Å². The minimum absolute atomic E-state index is 0.187. The molecule has 2 aromatic rings. The van der Waals surface area contributed by atoms with Gasteiger partial charge in [-0.3, -0.25) is 0 Å². The van der Waals surface area contributed by atoms with E-state index in [1.165, 1.54) is 6.07 Å². The number of nitrogens with zero attached hydrogens (tertiary/aromatic N) is 1. The second-order valence-electron chi connectivity index (χ2n) is 3.38. The second kappa shape index (κ2) is 4.49. The first-order chi connectivity index (χ1) is 7.61. The largest absolute Gasteiger partial charge is 0.391 e. The van der Waals surface area contributed by atoms with E-state index < -0.39 is 0 Å². The highest BCUT2D eigenvalue weighted by atomic mass is 35.5. The topological polar surface area (TPSA) is 33.1 Å². The minimum atomic E-state index is -0.350. The molecule has 0 fully saturated rings. The van der Waals surface area contributed by atoms with E-state index in [2.05, 4.69) is 4.98 Å². The van der Waals surface area contributed by atoms with Crippen LogP contribution in [-0.4, -0.2) is 10.1 Å². The molecule has 1 aromatic carbocycles. The summed E-state index contributed by atoms with van der Waals surface area (Å²) in [6.07, 6.45) is 0. The van der Waals surface area contributed by atoms with Crippen molar-refractivity contribution in [1.29, 1.82) is 0 Å². The van der Waals surface area contributed by atoms with Crippen LogP contribution in [0.5, 0.6) is 0 Å². The molecule has 2 nitrogen and oxygen atoms in total. The number of aliphatic hydroxyl groups is 1. The summed E-state index contributed by atoms with van der Waals surface area (Å²) < 4.78 is 14.0. The monoisotopic (exact) mass is 257 g/mol. The highest BCUT2D eigenvalue weighted by Gasteiger charge is 2.14. The van der Waals surface area contributed by atoms with Crippen molar-refractivity contribution in [2.75, 3.05) is 0 Å². The number of thiazole rings is 1. The molecular formula is C11H9ClFNOS. The van der Waals surface area contributed by atoms with Crippen LogP contribution in [0.4, 0.5) is 4.39 Å². The Labute approximate surface area is 101 Å². The van der Waals surface area contributed by atoms with Crippen LogP contribution in [0, 0.1) is 12.7 Å². The van der Waals surface area contributed by atoms with Crippen LogP contribution in [0.2, 0.25) is 4.47 Å². The molecule has 84 valence electrons. The van der Waals surface area contributed by atoms with Crippen molar-refractivity contribution in [3.63, 3.8) is 0 Å². The van der Waals surface area contributed by atoms with E-state index in [4.69, 9.17) is 16.7 Å². The average molecular weight is 258 g/mol. The van der Waals surface area contributed by atoms with Gasteiger partial charge in [-0.2, -0.15) is 0 Å². The molecule has 0 amide bonds. The Morgan fingerprint density at radius 1 is 1.50 bits per heavy atom. The zero-order chi connectivity index (χ0) is 11.7. The Kier molecular flexibility index (Phi) is 3.23. The van der Waals surface area contributed by atoms with Crippen LogP contribution >= 0.6 is 22.9 Å². The summed E-state index contributed by atoms with van der Waals surface area (Å²) in [6, 6.07) is 4.88. The third-order valence-electron chi connectivity index (χ3n) is 2.19. The van der Waals surface area contributed by atoms with E-state index in [-0.39, 0.29) is 12.4 Å². The summed E-state index contributed by atoms with van der Waals surface area (Å²) in [7, 11) is 0.